The SMILES string of the molecule is CN(CCCC1CC(c2cccc(F)c2)NN1)C(=O)CC(F)(F)F. The summed E-state index contributed by atoms with van der Waals surface area (Å²) in [6.07, 6.45) is -3.84. The van der Waals surface area contributed by atoms with Crippen LogP contribution in [0.3, 0.4) is 0 Å². The van der Waals surface area contributed by atoms with E-state index in [2.05, 4.69) is 10.9 Å². The van der Waals surface area contributed by atoms with Gasteiger partial charge in [-0.15, -0.1) is 0 Å². The molecule has 0 aromatic heterocycles. The molecule has 8 heteroatoms. The fourth-order valence-electron chi connectivity index (χ4n) is 2.76. The molecular weight excluding hydrogens is 326 g/mol. The first kappa shape index (κ1) is 18.7. The summed E-state index contributed by atoms with van der Waals surface area (Å²) in [5.41, 5.74) is 7.06. The molecule has 1 aromatic carbocycles. The molecule has 1 fully saturated rings. The van der Waals surface area contributed by atoms with Crippen molar-refractivity contribution in [2.45, 2.75) is 43.9 Å². The number of halogens is 4. The van der Waals surface area contributed by atoms with E-state index in [1.807, 2.05) is 6.07 Å². The Labute approximate surface area is 138 Å². The van der Waals surface area contributed by atoms with E-state index in [4.69, 9.17) is 0 Å². The van der Waals surface area contributed by atoms with Gasteiger partial charge in [0.2, 0.25) is 5.91 Å². The summed E-state index contributed by atoms with van der Waals surface area (Å²) in [5.74, 6) is -1.21. The molecule has 2 unspecified atom stereocenters. The molecule has 134 valence electrons. The van der Waals surface area contributed by atoms with Crippen LogP contribution < -0.4 is 10.9 Å². The maximum absolute atomic E-state index is 13.2. The van der Waals surface area contributed by atoms with E-state index in [9.17, 15) is 22.4 Å². The highest BCUT2D eigenvalue weighted by molar-refractivity contribution is 5.76. The quantitative estimate of drug-likeness (QED) is 0.778. The molecule has 2 N–H and O–H groups in total. The van der Waals surface area contributed by atoms with Gasteiger partial charge in [0.15, 0.2) is 0 Å². The van der Waals surface area contributed by atoms with E-state index in [0.29, 0.717) is 12.8 Å². The summed E-state index contributed by atoms with van der Waals surface area (Å²) in [4.78, 5) is 12.5. The van der Waals surface area contributed by atoms with Gasteiger partial charge >= 0.3 is 6.18 Å². The smallest absolute Gasteiger partial charge is 0.345 e. The van der Waals surface area contributed by atoms with Crippen LogP contribution in [0.2, 0.25) is 0 Å². The number of hydrazine groups is 1. The van der Waals surface area contributed by atoms with Crippen molar-refractivity contribution < 1.29 is 22.4 Å². The van der Waals surface area contributed by atoms with E-state index in [1.165, 1.54) is 19.2 Å². The average Bonchev–Trinajstić information content (AvgIpc) is 2.94. The van der Waals surface area contributed by atoms with Crippen molar-refractivity contribution in [1.82, 2.24) is 15.8 Å². The zero-order chi connectivity index (χ0) is 17.7. The lowest BCUT2D eigenvalue weighted by Gasteiger charge is -2.19. The van der Waals surface area contributed by atoms with Crippen LogP contribution >= 0.6 is 0 Å². The molecule has 1 amide bonds. The van der Waals surface area contributed by atoms with Gasteiger partial charge in [-0.3, -0.25) is 15.6 Å². The van der Waals surface area contributed by atoms with Crippen LogP contribution in [0.1, 0.15) is 37.3 Å². The molecule has 1 aliphatic heterocycles. The van der Waals surface area contributed by atoms with E-state index in [1.54, 1.807) is 6.07 Å². The molecule has 24 heavy (non-hydrogen) atoms. The van der Waals surface area contributed by atoms with Crippen molar-refractivity contribution in [3.05, 3.63) is 35.6 Å². The lowest BCUT2D eigenvalue weighted by molar-refractivity contribution is -0.160. The minimum Gasteiger partial charge on any atom is -0.345 e. The summed E-state index contributed by atoms with van der Waals surface area (Å²) >= 11 is 0. The zero-order valence-electron chi connectivity index (χ0n) is 13.4. The van der Waals surface area contributed by atoms with E-state index < -0.39 is 18.5 Å². The van der Waals surface area contributed by atoms with Crippen molar-refractivity contribution in [2.75, 3.05) is 13.6 Å². The van der Waals surface area contributed by atoms with Gasteiger partial charge in [0.25, 0.3) is 0 Å². The fourth-order valence-corrected chi connectivity index (χ4v) is 2.76. The molecule has 1 heterocycles. The van der Waals surface area contributed by atoms with Gasteiger partial charge in [-0.1, -0.05) is 12.1 Å². The molecule has 1 saturated heterocycles. The van der Waals surface area contributed by atoms with Gasteiger partial charge in [-0.2, -0.15) is 13.2 Å². The third-order valence-electron chi connectivity index (χ3n) is 4.06. The van der Waals surface area contributed by atoms with Crippen molar-refractivity contribution in [1.29, 1.82) is 0 Å². The van der Waals surface area contributed by atoms with Crippen molar-refractivity contribution in [3.8, 4) is 0 Å². The highest BCUT2D eigenvalue weighted by Gasteiger charge is 2.32. The number of hydrogen-bond donors (Lipinski definition) is 2. The first-order valence-corrected chi connectivity index (χ1v) is 7.82. The lowest BCUT2D eigenvalue weighted by Crippen LogP contribution is -2.34. The summed E-state index contributed by atoms with van der Waals surface area (Å²) in [7, 11) is 1.38. The number of carbonyl (C=O) groups is 1. The molecule has 1 aliphatic rings. The third-order valence-corrected chi connectivity index (χ3v) is 4.06. The molecule has 0 radical (unpaired) electrons. The second kappa shape index (κ2) is 7.94. The number of amides is 1. The number of benzene rings is 1. The molecule has 2 atom stereocenters. The van der Waals surface area contributed by atoms with Crippen LogP contribution in [0.4, 0.5) is 17.6 Å². The standard InChI is InChI=1S/C16H21F4N3O/c1-23(15(24)10-16(18,19)20)7-3-6-13-9-14(22-21-13)11-4-2-5-12(17)8-11/h2,4-5,8,13-14,21-22H,3,6-7,9-10H2,1H3. The van der Waals surface area contributed by atoms with Crippen LogP contribution in [0.25, 0.3) is 0 Å². The Morgan fingerprint density at radius 2 is 2.08 bits per heavy atom. The highest BCUT2D eigenvalue weighted by atomic mass is 19.4. The molecule has 0 aliphatic carbocycles. The lowest BCUT2D eigenvalue weighted by atomic mass is 9.99. The maximum atomic E-state index is 13.2. The average molecular weight is 347 g/mol. The monoisotopic (exact) mass is 347 g/mol. The normalized spacial score (nSPS) is 21.0. The summed E-state index contributed by atoms with van der Waals surface area (Å²) < 4.78 is 49.8. The zero-order valence-corrected chi connectivity index (χ0v) is 13.4. The van der Waals surface area contributed by atoms with Crippen LogP contribution in [0.5, 0.6) is 0 Å². The van der Waals surface area contributed by atoms with Gasteiger partial charge in [-0.25, -0.2) is 4.39 Å². The third kappa shape index (κ3) is 5.76. The Morgan fingerprint density at radius 1 is 1.33 bits per heavy atom. The van der Waals surface area contributed by atoms with Gasteiger partial charge < -0.3 is 4.90 Å². The second-order valence-electron chi connectivity index (χ2n) is 6.08. The second-order valence-corrected chi connectivity index (χ2v) is 6.08. The molecule has 1 aromatic rings. The van der Waals surface area contributed by atoms with Gasteiger partial charge in [0.1, 0.15) is 12.2 Å². The Balaban J connectivity index is 1.71. The Hall–Kier alpha value is -1.67. The van der Waals surface area contributed by atoms with Crippen LogP contribution in [0, 0.1) is 5.82 Å². The van der Waals surface area contributed by atoms with Crippen molar-refractivity contribution in [3.63, 3.8) is 0 Å². The summed E-state index contributed by atoms with van der Waals surface area (Å²) in [5, 5.41) is 0. The number of hydrogen-bond acceptors (Lipinski definition) is 3. The summed E-state index contributed by atoms with van der Waals surface area (Å²) in [6, 6.07) is 6.48. The Morgan fingerprint density at radius 3 is 2.75 bits per heavy atom. The molecule has 0 bridgehead atoms. The van der Waals surface area contributed by atoms with Gasteiger partial charge in [-0.05, 0) is 37.0 Å². The summed E-state index contributed by atoms with van der Waals surface area (Å²) in [6.45, 7) is 0.276. The molecule has 4 nitrogen and oxygen atoms in total. The van der Waals surface area contributed by atoms with Crippen LogP contribution in [0.15, 0.2) is 24.3 Å². The molecule has 2 rings (SSSR count). The topological polar surface area (TPSA) is 44.4 Å². The van der Waals surface area contributed by atoms with Crippen molar-refractivity contribution in [2.24, 2.45) is 0 Å². The van der Waals surface area contributed by atoms with Gasteiger partial charge in [0.05, 0.1) is 0 Å². The number of nitrogens with zero attached hydrogens (tertiary/aromatic N) is 1. The van der Waals surface area contributed by atoms with E-state index >= 15 is 0 Å². The number of rotatable bonds is 6. The van der Waals surface area contributed by atoms with E-state index in [0.717, 1.165) is 16.9 Å². The molecule has 0 spiro atoms. The highest BCUT2D eigenvalue weighted by Crippen LogP contribution is 2.25. The number of alkyl halides is 3. The number of carbonyl (C=O) groups excluding carboxylic acids is 1. The largest absolute Gasteiger partial charge is 0.397 e. The van der Waals surface area contributed by atoms with Gasteiger partial charge in [0, 0.05) is 25.7 Å². The minimum atomic E-state index is -4.47. The van der Waals surface area contributed by atoms with Crippen molar-refractivity contribution >= 4 is 5.91 Å². The Kier molecular flexibility index (Phi) is 6.17. The first-order chi connectivity index (χ1) is 11.2. The fraction of sp³-hybridized carbons (Fsp3) is 0.562. The Bertz CT molecular complexity index is 564. The number of nitrogens with one attached hydrogen (secondary N) is 2. The predicted octanol–water partition coefficient (Wildman–Crippen LogP) is 2.92. The first-order valence-electron chi connectivity index (χ1n) is 7.82. The van der Waals surface area contributed by atoms with Crippen LogP contribution in [-0.2, 0) is 4.79 Å². The molecular formula is C16H21F4N3O. The molecule has 0 saturated carbocycles. The van der Waals surface area contributed by atoms with E-state index in [-0.39, 0.29) is 24.4 Å². The maximum Gasteiger partial charge on any atom is 0.397 e. The van der Waals surface area contributed by atoms with Crippen LogP contribution in [-0.4, -0.2) is 36.6 Å². The predicted molar refractivity (Wildman–Crippen MR) is 81.4 cm³/mol. The minimum absolute atomic E-state index is 0.00436.